The molecule has 29 heavy (non-hydrogen) atoms. The van der Waals surface area contributed by atoms with Crippen molar-refractivity contribution in [1.29, 1.82) is 0 Å². The molecule has 0 saturated carbocycles. The molecular weight excluding hydrogens is 373 g/mol. The fourth-order valence-electron chi connectivity index (χ4n) is 4.28. The highest BCUT2D eigenvalue weighted by Gasteiger charge is 2.36. The van der Waals surface area contributed by atoms with E-state index < -0.39 is 5.82 Å². The summed E-state index contributed by atoms with van der Waals surface area (Å²) in [5.74, 6) is -0.751. The molecule has 0 aliphatic carbocycles. The fourth-order valence-corrected chi connectivity index (χ4v) is 4.28. The Labute approximate surface area is 169 Å². The van der Waals surface area contributed by atoms with Crippen LogP contribution in [0.3, 0.4) is 0 Å². The van der Waals surface area contributed by atoms with Crippen molar-refractivity contribution in [2.75, 3.05) is 26.2 Å². The number of nitrogens with one attached hydrogen (secondary N) is 2. The topological polar surface area (TPSA) is 79.3 Å². The molecule has 2 N–H and O–H groups in total. The number of piperidine rings is 1. The fraction of sp³-hybridized carbons (Fsp3) is 0.476. The first-order valence-electron chi connectivity index (χ1n) is 10.1. The Morgan fingerprint density at radius 1 is 1.21 bits per heavy atom. The summed E-state index contributed by atoms with van der Waals surface area (Å²) in [5, 5.41) is 10.7. The van der Waals surface area contributed by atoms with Crippen molar-refractivity contribution in [3.05, 3.63) is 53.6 Å². The summed E-state index contributed by atoms with van der Waals surface area (Å²) in [5.41, 5.74) is 1.18. The van der Waals surface area contributed by atoms with Gasteiger partial charge in [0.25, 0.3) is 5.91 Å². The number of nitrogens with zero attached hydrogens (tertiary/aromatic N) is 3. The van der Waals surface area contributed by atoms with E-state index in [1.807, 2.05) is 19.4 Å². The quantitative estimate of drug-likeness (QED) is 0.812. The molecule has 1 aromatic heterocycles. The molecule has 2 amide bonds. The van der Waals surface area contributed by atoms with E-state index in [-0.39, 0.29) is 35.3 Å². The number of aromatic nitrogens is 2. The van der Waals surface area contributed by atoms with Gasteiger partial charge in [-0.15, -0.1) is 0 Å². The largest absolute Gasteiger partial charge is 0.353 e. The van der Waals surface area contributed by atoms with E-state index in [0.717, 1.165) is 12.1 Å². The zero-order valence-electron chi connectivity index (χ0n) is 16.5. The molecule has 1 aromatic carbocycles. The number of benzene rings is 1. The van der Waals surface area contributed by atoms with Crippen LogP contribution in [-0.2, 0) is 11.8 Å². The molecule has 154 valence electrons. The van der Waals surface area contributed by atoms with Gasteiger partial charge < -0.3 is 15.5 Å². The standard InChI is InChI=1S/C21H26FN5O2/c1-26-13-14(10-24-26)17-11-23-12-18(17)20(28)25-15-6-8-27(9-7-15)21(29)16-4-2-3-5-19(16)22/h2-5,10,13,15,17-18,23H,6-9,11-12H2,1H3,(H,25,28)/t17-,18+/m1/s1. The SMILES string of the molecule is Cn1cc([C@H]2CNC[C@@H]2C(=O)NC2CCN(C(=O)c3ccccc3F)CC2)cn1. The van der Waals surface area contributed by atoms with Crippen molar-refractivity contribution in [3.63, 3.8) is 0 Å². The van der Waals surface area contributed by atoms with Crippen molar-refractivity contribution in [3.8, 4) is 0 Å². The minimum absolute atomic E-state index is 0.0299. The van der Waals surface area contributed by atoms with Crippen molar-refractivity contribution in [2.45, 2.75) is 24.8 Å². The molecule has 2 aromatic rings. The molecule has 2 aliphatic rings. The average molecular weight is 399 g/mol. The molecule has 0 bridgehead atoms. The number of halogens is 1. The number of likely N-dealkylation sites (tertiary alicyclic amines) is 1. The van der Waals surface area contributed by atoms with Gasteiger partial charge in [0.15, 0.2) is 0 Å². The number of carbonyl (C=O) groups is 2. The van der Waals surface area contributed by atoms with Gasteiger partial charge in [-0.25, -0.2) is 4.39 Å². The van der Waals surface area contributed by atoms with Crippen LogP contribution >= 0.6 is 0 Å². The second-order valence-corrected chi connectivity index (χ2v) is 7.87. The maximum atomic E-state index is 13.9. The van der Waals surface area contributed by atoms with Gasteiger partial charge in [-0.05, 0) is 30.5 Å². The van der Waals surface area contributed by atoms with E-state index in [1.54, 1.807) is 21.7 Å². The number of amides is 2. The molecule has 7 nitrogen and oxygen atoms in total. The van der Waals surface area contributed by atoms with E-state index >= 15 is 0 Å². The molecule has 2 aliphatic heterocycles. The number of aryl methyl sites for hydroxylation is 1. The molecule has 0 unspecified atom stereocenters. The average Bonchev–Trinajstić information content (AvgIpc) is 3.37. The van der Waals surface area contributed by atoms with Gasteiger partial charge in [-0.1, -0.05) is 12.1 Å². The minimum atomic E-state index is -0.497. The van der Waals surface area contributed by atoms with Crippen LogP contribution in [0.15, 0.2) is 36.7 Å². The predicted molar refractivity (Wildman–Crippen MR) is 106 cm³/mol. The molecular formula is C21H26FN5O2. The van der Waals surface area contributed by atoms with Gasteiger partial charge in [-0.3, -0.25) is 14.3 Å². The summed E-state index contributed by atoms with van der Waals surface area (Å²) in [7, 11) is 1.87. The van der Waals surface area contributed by atoms with Crippen molar-refractivity contribution >= 4 is 11.8 Å². The lowest BCUT2D eigenvalue weighted by molar-refractivity contribution is -0.125. The minimum Gasteiger partial charge on any atom is -0.353 e. The maximum absolute atomic E-state index is 13.9. The lowest BCUT2D eigenvalue weighted by Gasteiger charge is -2.33. The van der Waals surface area contributed by atoms with Crippen LogP contribution in [0.25, 0.3) is 0 Å². The Bertz CT molecular complexity index is 891. The summed E-state index contributed by atoms with van der Waals surface area (Å²) in [6.45, 7) is 2.43. The number of hydrogen-bond acceptors (Lipinski definition) is 4. The first kappa shape index (κ1) is 19.6. The van der Waals surface area contributed by atoms with Gasteiger partial charge in [0.05, 0.1) is 17.7 Å². The summed E-state index contributed by atoms with van der Waals surface area (Å²) in [4.78, 5) is 27.1. The zero-order chi connectivity index (χ0) is 20.4. The smallest absolute Gasteiger partial charge is 0.256 e. The Balaban J connectivity index is 1.32. The van der Waals surface area contributed by atoms with E-state index in [2.05, 4.69) is 15.7 Å². The second kappa shape index (κ2) is 8.32. The predicted octanol–water partition coefficient (Wildman–Crippen LogP) is 1.28. The second-order valence-electron chi connectivity index (χ2n) is 7.87. The zero-order valence-corrected chi connectivity index (χ0v) is 16.5. The van der Waals surface area contributed by atoms with E-state index in [0.29, 0.717) is 32.5 Å². The maximum Gasteiger partial charge on any atom is 0.256 e. The lowest BCUT2D eigenvalue weighted by atomic mass is 9.89. The number of carbonyl (C=O) groups excluding carboxylic acids is 2. The molecule has 3 heterocycles. The van der Waals surface area contributed by atoms with Gasteiger partial charge in [0.1, 0.15) is 5.82 Å². The Morgan fingerprint density at radius 3 is 2.66 bits per heavy atom. The summed E-state index contributed by atoms with van der Waals surface area (Å²) in [6.07, 6.45) is 5.13. The molecule has 2 fully saturated rings. The van der Waals surface area contributed by atoms with Crippen LogP contribution < -0.4 is 10.6 Å². The molecule has 2 atom stereocenters. The summed E-state index contributed by atoms with van der Waals surface area (Å²) in [6, 6.07) is 6.08. The van der Waals surface area contributed by atoms with Crippen LogP contribution in [-0.4, -0.2) is 58.7 Å². The first-order chi connectivity index (χ1) is 14.0. The van der Waals surface area contributed by atoms with Crippen molar-refractivity contribution in [2.24, 2.45) is 13.0 Å². The van der Waals surface area contributed by atoms with Crippen molar-refractivity contribution in [1.82, 2.24) is 25.3 Å². The van der Waals surface area contributed by atoms with Gasteiger partial charge >= 0.3 is 0 Å². The first-order valence-corrected chi connectivity index (χ1v) is 10.1. The molecule has 8 heteroatoms. The third kappa shape index (κ3) is 4.17. The van der Waals surface area contributed by atoms with E-state index in [4.69, 9.17) is 0 Å². The van der Waals surface area contributed by atoms with Crippen LogP contribution in [0, 0.1) is 11.7 Å². The Morgan fingerprint density at radius 2 is 1.97 bits per heavy atom. The molecule has 0 radical (unpaired) electrons. The highest BCUT2D eigenvalue weighted by Crippen LogP contribution is 2.28. The van der Waals surface area contributed by atoms with E-state index in [9.17, 15) is 14.0 Å². The normalized spacial score (nSPS) is 22.6. The van der Waals surface area contributed by atoms with E-state index in [1.165, 1.54) is 12.1 Å². The number of hydrogen-bond donors (Lipinski definition) is 2. The molecule has 0 spiro atoms. The monoisotopic (exact) mass is 399 g/mol. The third-order valence-electron chi connectivity index (χ3n) is 5.94. The van der Waals surface area contributed by atoms with Crippen LogP contribution in [0.4, 0.5) is 4.39 Å². The Hall–Kier alpha value is -2.74. The van der Waals surface area contributed by atoms with Crippen LogP contribution in [0.1, 0.15) is 34.7 Å². The number of rotatable bonds is 4. The third-order valence-corrected chi connectivity index (χ3v) is 5.94. The van der Waals surface area contributed by atoms with Crippen LogP contribution in [0.5, 0.6) is 0 Å². The van der Waals surface area contributed by atoms with Gasteiger partial charge in [-0.2, -0.15) is 5.10 Å². The van der Waals surface area contributed by atoms with Crippen molar-refractivity contribution < 1.29 is 14.0 Å². The Kier molecular flexibility index (Phi) is 5.62. The van der Waals surface area contributed by atoms with Gasteiger partial charge in [0, 0.05) is 51.4 Å². The highest BCUT2D eigenvalue weighted by atomic mass is 19.1. The van der Waals surface area contributed by atoms with Gasteiger partial charge in [0.2, 0.25) is 5.91 Å². The summed E-state index contributed by atoms with van der Waals surface area (Å²) >= 11 is 0. The molecule has 4 rings (SSSR count). The summed E-state index contributed by atoms with van der Waals surface area (Å²) < 4.78 is 15.6. The lowest BCUT2D eigenvalue weighted by Crippen LogP contribution is -2.48. The van der Waals surface area contributed by atoms with Crippen LogP contribution in [0.2, 0.25) is 0 Å². The highest BCUT2D eigenvalue weighted by molar-refractivity contribution is 5.94. The molecule has 2 saturated heterocycles.